The highest BCUT2D eigenvalue weighted by Gasteiger charge is 2.11. The van der Waals surface area contributed by atoms with Gasteiger partial charge in [-0.15, -0.1) is 0 Å². The van der Waals surface area contributed by atoms with Crippen molar-refractivity contribution in [3.63, 3.8) is 0 Å². The highest BCUT2D eigenvalue weighted by molar-refractivity contribution is 5.79. The molecule has 1 atom stereocenters. The van der Waals surface area contributed by atoms with Crippen molar-refractivity contribution < 1.29 is 4.79 Å². The third kappa shape index (κ3) is 4.19. The number of amides is 1. The van der Waals surface area contributed by atoms with Gasteiger partial charge in [0.1, 0.15) is 0 Å². The van der Waals surface area contributed by atoms with Crippen LogP contribution in [0.5, 0.6) is 0 Å². The van der Waals surface area contributed by atoms with Crippen LogP contribution in [0.25, 0.3) is 0 Å². The third-order valence-electron chi connectivity index (χ3n) is 3.80. The fourth-order valence-electron chi connectivity index (χ4n) is 2.45. The van der Waals surface area contributed by atoms with Crippen LogP contribution in [-0.4, -0.2) is 5.91 Å². The number of aryl methyl sites for hydroxylation is 3. The number of hydrogen-bond acceptors (Lipinski definition) is 1. The van der Waals surface area contributed by atoms with Crippen molar-refractivity contribution in [2.75, 3.05) is 0 Å². The van der Waals surface area contributed by atoms with Crippen molar-refractivity contribution >= 4 is 5.91 Å². The maximum Gasteiger partial charge on any atom is 0.224 e. The molecule has 2 aromatic carbocycles. The first-order chi connectivity index (χ1) is 9.95. The highest BCUT2D eigenvalue weighted by atomic mass is 16.1. The van der Waals surface area contributed by atoms with Crippen LogP contribution in [0.2, 0.25) is 0 Å². The predicted molar refractivity (Wildman–Crippen MR) is 87.4 cm³/mol. The van der Waals surface area contributed by atoms with Crippen LogP contribution in [0.1, 0.15) is 40.8 Å². The maximum absolute atomic E-state index is 12.2. The number of rotatable bonds is 4. The molecule has 0 fully saturated rings. The second kappa shape index (κ2) is 6.57. The normalized spacial score (nSPS) is 12.0. The van der Waals surface area contributed by atoms with E-state index in [1.54, 1.807) is 0 Å². The first-order valence-electron chi connectivity index (χ1n) is 7.38. The number of carbonyl (C=O) groups excluding carboxylic acids is 1. The minimum absolute atomic E-state index is 0.0313. The molecule has 110 valence electrons. The van der Waals surface area contributed by atoms with Gasteiger partial charge in [0.25, 0.3) is 0 Å². The fourth-order valence-corrected chi connectivity index (χ4v) is 2.45. The van der Waals surface area contributed by atoms with E-state index in [0.29, 0.717) is 6.42 Å². The van der Waals surface area contributed by atoms with E-state index in [-0.39, 0.29) is 11.9 Å². The molecule has 2 aromatic rings. The van der Waals surface area contributed by atoms with Gasteiger partial charge in [-0.05, 0) is 44.4 Å². The number of carbonyl (C=O) groups is 1. The summed E-state index contributed by atoms with van der Waals surface area (Å²) in [7, 11) is 0. The summed E-state index contributed by atoms with van der Waals surface area (Å²) in [5, 5.41) is 3.07. The Morgan fingerprint density at radius 1 is 1.00 bits per heavy atom. The molecule has 2 nitrogen and oxygen atoms in total. The van der Waals surface area contributed by atoms with Gasteiger partial charge in [0.05, 0.1) is 12.5 Å². The molecule has 21 heavy (non-hydrogen) atoms. The zero-order chi connectivity index (χ0) is 15.4. The fraction of sp³-hybridized carbons (Fsp3) is 0.316. The van der Waals surface area contributed by atoms with Gasteiger partial charge in [-0.2, -0.15) is 0 Å². The second-order valence-corrected chi connectivity index (χ2v) is 5.81. The zero-order valence-electron chi connectivity index (χ0n) is 13.2. The van der Waals surface area contributed by atoms with Crippen LogP contribution in [-0.2, 0) is 11.2 Å². The predicted octanol–water partition coefficient (Wildman–Crippen LogP) is 4.03. The summed E-state index contributed by atoms with van der Waals surface area (Å²) in [5.41, 5.74) is 5.86. The van der Waals surface area contributed by atoms with Gasteiger partial charge in [0.2, 0.25) is 5.91 Å². The quantitative estimate of drug-likeness (QED) is 0.900. The van der Waals surface area contributed by atoms with E-state index in [2.05, 4.69) is 62.5 Å². The van der Waals surface area contributed by atoms with E-state index in [4.69, 9.17) is 0 Å². The Morgan fingerprint density at radius 3 is 2.24 bits per heavy atom. The lowest BCUT2D eigenvalue weighted by atomic mass is 10.0. The minimum Gasteiger partial charge on any atom is -0.349 e. The number of benzene rings is 2. The van der Waals surface area contributed by atoms with Crippen LogP contribution in [0, 0.1) is 20.8 Å². The first-order valence-corrected chi connectivity index (χ1v) is 7.38. The summed E-state index contributed by atoms with van der Waals surface area (Å²) in [6.07, 6.45) is 0.433. The molecule has 0 unspecified atom stereocenters. The van der Waals surface area contributed by atoms with Crippen molar-refractivity contribution in [2.24, 2.45) is 0 Å². The summed E-state index contributed by atoms with van der Waals surface area (Å²) in [6, 6.07) is 14.5. The Balaban J connectivity index is 1.99. The van der Waals surface area contributed by atoms with Crippen molar-refractivity contribution in [3.8, 4) is 0 Å². The summed E-state index contributed by atoms with van der Waals surface area (Å²) in [5.74, 6) is 0.0648. The molecule has 1 amide bonds. The lowest BCUT2D eigenvalue weighted by molar-refractivity contribution is -0.121. The topological polar surface area (TPSA) is 29.1 Å². The van der Waals surface area contributed by atoms with Gasteiger partial charge >= 0.3 is 0 Å². The molecule has 0 saturated carbocycles. The van der Waals surface area contributed by atoms with Gasteiger partial charge < -0.3 is 5.32 Å². The van der Waals surface area contributed by atoms with E-state index in [1.165, 1.54) is 16.7 Å². The van der Waals surface area contributed by atoms with E-state index in [9.17, 15) is 4.79 Å². The Morgan fingerprint density at radius 2 is 1.62 bits per heavy atom. The monoisotopic (exact) mass is 281 g/mol. The van der Waals surface area contributed by atoms with E-state index >= 15 is 0 Å². The maximum atomic E-state index is 12.2. The largest absolute Gasteiger partial charge is 0.349 e. The Labute approximate surface area is 127 Å². The Kier molecular flexibility index (Phi) is 4.79. The van der Waals surface area contributed by atoms with E-state index in [0.717, 1.165) is 11.1 Å². The number of hydrogen-bond donors (Lipinski definition) is 1. The smallest absolute Gasteiger partial charge is 0.224 e. The molecule has 0 aliphatic carbocycles. The standard InChI is InChI=1S/C19H23NO/c1-13-5-8-17(9-6-13)16(4)20-19(21)12-18-10-7-14(2)11-15(18)3/h5-11,16H,12H2,1-4H3,(H,20,21)/t16-/m1/s1. The molecule has 2 rings (SSSR count). The Hall–Kier alpha value is -2.09. The van der Waals surface area contributed by atoms with Gasteiger partial charge in [-0.3, -0.25) is 4.79 Å². The molecule has 0 aliphatic heterocycles. The molecule has 0 heterocycles. The average molecular weight is 281 g/mol. The molecule has 2 heteroatoms. The summed E-state index contributed by atoms with van der Waals surface area (Å²) in [6.45, 7) is 8.20. The van der Waals surface area contributed by atoms with Crippen LogP contribution in [0.3, 0.4) is 0 Å². The molecule has 0 aliphatic rings. The summed E-state index contributed by atoms with van der Waals surface area (Å²) >= 11 is 0. The van der Waals surface area contributed by atoms with Crippen molar-refractivity contribution in [1.29, 1.82) is 0 Å². The second-order valence-electron chi connectivity index (χ2n) is 5.81. The van der Waals surface area contributed by atoms with Crippen LogP contribution in [0.4, 0.5) is 0 Å². The van der Waals surface area contributed by atoms with Gasteiger partial charge in [0, 0.05) is 0 Å². The SMILES string of the molecule is Cc1ccc([C@@H](C)NC(=O)Cc2ccc(C)cc2C)cc1. The van der Waals surface area contributed by atoms with E-state index in [1.807, 2.05) is 13.0 Å². The van der Waals surface area contributed by atoms with Crippen molar-refractivity contribution in [3.05, 3.63) is 70.3 Å². The lowest BCUT2D eigenvalue weighted by Gasteiger charge is -2.15. The molecule has 0 aromatic heterocycles. The average Bonchev–Trinajstić information content (AvgIpc) is 2.42. The van der Waals surface area contributed by atoms with Crippen LogP contribution < -0.4 is 5.32 Å². The molecule has 1 N–H and O–H groups in total. The van der Waals surface area contributed by atoms with Gasteiger partial charge in [-0.25, -0.2) is 0 Å². The van der Waals surface area contributed by atoms with Crippen molar-refractivity contribution in [2.45, 2.75) is 40.2 Å². The zero-order valence-corrected chi connectivity index (χ0v) is 13.2. The highest BCUT2D eigenvalue weighted by Crippen LogP contribution is 2.15. The summed E-state index contributed by atoms with van der Waals surface area (Å²) in [4.78, 5) is 12.2. The van der Waals surface area contributed by atoms with Crippen LogP contribution in [0.15, 0.2) is 42.5 Å². The van der Waals surface area contributed by atoms with Gasteiger partial charge in [-0.1, -0.05) is 53.6 Å². The molecular formula is C19H23NO. The number of nitrogens with one attached hydrogen (secondary N) is 1. The van der Waals surface area contributed by atoms with Gasteiger partial charge in [0.15, 0.2) is 0 Å². The van der Waals surface area contributed by atoms with Crippen LogP contribution >= 0.6 is 0 Å². The third-order valence-corrected chi connectivity index (χ3v) is 3.80. The molecular weight excluding hydrogens is 258 g/mol. The summed E-state index contributed by atoms with van der Waals surface area (Å²) < 4.78 is 0. The first kappa shape index (κ1) is 15.3. The lowest BCUT2D eigenvalue weighted by Crippen LogP contribution is -2.28. The molecule has 0 radical (unpaired) electrons. The van der Waals surface area contributed by atoms with E-state index < -0.39 is 0 Å². The Bertz CT molecular complexity index is 629. The molecule has 0 bridgehead atoms. The van der Waals surface area contributed by atoms with Crippen molar-refractivity contribution in [1.82, 2.24) is 5.32 Å². The minimum atomic E-state index is 0.0313. The molecule has 0 saturated heterocycles. The molecule has 0 spiro atoms.